The number of benzene rings is 1. The summed E-state index contributed by atoms with van der Waals surface area (Å²) in [5.41, 5.74) is 1.11. The average molecular weight is 371 g/mol. The molecule has 0 amide bonds. The molecule has 0 atom stereocenters. The molecule has 2 heterocycles. The molecular formula is C20H30N6O. The van der Waals surface area contributed by atoms with E-state index in [9.17, 15) is 0 Å². The Kier molecular flexibility index (Phi) is 7.07. The van der Waals surface area contributed by atoms with Crippen molar-refractivity contribution in [3.05, 3.63) is 41.5 Å². The second kappa shape index (κ2) is 9.94. The molecule has 1 aliphatic rings. The SMILES string of the molecule is CN=C(NCCCc1nnc2n1CCCCC2)NCc1ccccc1OC. The number of ether oxygens (including phenoxy) is 1. The number of aliphatic imine (C=N–C) groups is 1. The number of nitrogens with zero attached hydrogens (tertiary/aromatic N) is 4. The van der Waals surface area contributed by atoms with Gasteiger partial charge in [-0.2, -0.15) is 0 Å². The first-order valence-electron chi connectivity index (χ1n) is 9.79. The summed E-state index contributed by atoms with van der Waals surface area (Å²) in [5.74, 6) is 3.95. The Labute approximate surface area is 161 Å². The van der Waals surface area contributed by atoms with Gasteiger partial charge in [-0.15, -0.1) is 10.2 Å². The van der Waals surface area contributed by atoms with Crippen molar-refractivity contribution in [2.75, 3.05) is 20.7 Å². The smallest absolute Gasteiger partial charge is 0.191 e. The fourth-order valence-corrected chi connectivity index (χ4v) is 3.43. The van der Waals surface area contributed by atoms with Gasteiger partial charge >= 0.3 is 0 Å². The van der Waals surface area contributed by atoms with Crippen LogP contribution in [-0.4, -0.2) is 41.4 Å². The van der Waals surface area contributed by atoms with Crippen molar-refractivity contribution in [2.45, 2.75) is 51.6 Å². The highest BCUT2D eigenvalue weighted by Crippen LogP contribution is 2.17. The predicted octanol–water partition coefficient (Wildman–Crippen LogP) is 2.31. The third-order valence-corrected chi connectivity index (χ3v) is 4.92. The van der Waals surface area contributed by atoms with Gasteiger partial charge in [0, 0.05) is 45.1 Å². The molecule has 0 bridgehead atoms. The van der Waals surface area contributed by atoms with Crippen molar-refractivity contribution < 1.29 is 4.74 Å². The first kappa shape index (κ1) is 19.2. The molecule has 27 heavy (non-hydrogen) atoms. The first-order valence-corrected chi connectivity index (χ1v) is 9.79. The maximum atomic E-state index is 5.39. The lowest BCUT2D eigenvalue weighted by atomic mass is 10.2. The van der Waals surface area contributed by atoms with Gasteiger partial charge in [0.2, 0.25) is 0 Å². The molecule has 0 unspecified atom stereocenters. The van der Waals surface area contributed by atoms with Crippen LogP contribution in [0.2, 0.25) is 0 Å². The lowest BCUT2D eigenvalue weighted by molar-refractivity contribution is 0.409. The molecule has 0 saturated heterocycles. The van der Waals surface area contributed by atoms with E-state index < -0.39 is 0 Å². The Bertz CT molecular complexity index is 755. The molecule has 2 aromatic rings. The fraction of sp³-hybridized carbons (Fsp3) is 0.550. The minimum atomic E-state index is 0.668. The van der Waals surface area contributed by atoms with E-state index in [1.807, 2.05) is 18.2 Å². The number of methoxy groups -OCH3 is 1. The van der Waals surface area contributed by atoms with E-state index in [4.69, 9.17) is 4.74 Å². The highest BCUT2D eigenvalue weighted by molar-refractivity contribution is 5.79. The van der Waals surface area contributed by atoms with E-state index in [1.165, 1.54) is 19.3 Å². The Morgan fingerprint density at radius 1 is 1.19 bits per heavy atom. The molecule has 0 saturated carbocycles. The van der Waals surface area contributed by atoms with E-state index in [0.29, 0.717) is 6.54 Å². The van der Waals surface area contributed by atoms with Gasteiger partial charge in [-0.3, -0.25) is 4.99 Å². The number of hydrogen-bond acceptors (Lipinski definition) is 4. The molecule has 0 aliphatic carbocycles. The van der Waals surface area contributed by atoms with E-state index in [-0.39, 0.29) is 0 Å². The summed E-state index contributed by atoms with van der Waals surface area (Å²) in [6.07, 6.45) is 6.74. The van der Waals surface area contributed by atoms with E-state index in [1.54, 1.807) is 14.2 Å². The maximum Gasteiger partial charge on any atom is 0.191 e. The van der Waals surface area contributed by atoms with Crippen molar-refractivity contribution in [3.8, 4) is 5.75 Å². The first-order chi connectivity index (χ1) is 13.3. The quantitative estimate of drug-likeness (QED) is 0.444. The van der Waals surface area contributed by atoms with Gasteiger partial charge in [0.25, 0.3) is 0 Å². The Hall–Kier alpha value is -2.57. The highest BCUT2D eigenvalue weighted by Gasteiger charge is 2.14. The largest absolute Gasteiger partial charge is 0.496 e. The second-order valence-corrected chi connectivity index (χ2v) is 6.76. The predicted molar refractivity (Wildman–Crippen MR) is 107 cm³/mol. The van der Waals surface area contributed by atoms with Crippen LogP contribution in [0.5, 0.6) is 5.75 Å². The van der Waals surface area contributed by atoms with E-state index in [2.05, 4.69) is 36.5 Å². The van der Waals surface area contributed by atoms with Crippen LogP contribution in [0.3, 0.4) is 0 Å². The summed E-state index contributed by atoms with van der Waals surface area (Å²) in [6, 6.07) is 8.00. The summed E-state index contributed by atoms with van der Waals surface area (Å²) in [4.78, 5) is 4.30. The number of guanidine groups is 1. The molecule has 0 fully saturated rings. The van der Waals surface area contributed by atoms with Crippen LogP contribution in [0.15, 0.2) is 29.3 Å². The molecule has 0 spiro atoms. The van der Waals surface area contributed by atoms with Gasteiger partial charge in [-0.1, -0.05) is 24.6 Å². The van der Waals surface area contributed by atoms with Crippen molar-refractivity contribution >= 4 is 5.96 Å². The lowest BCUT2D eigenvalue weighted by Crippen LogP contribution is -2.37. The fourth-order valence-electron chi connectivity index (χ4n) is 3.43. The van der Waals surface area contributed by atoms with E-state index in [0.717, 1.165) is 61.3 Å². The number of fused-ring (bicyclic) bond motifs is 1. The molecule has 3 rings (SSSR count). The topological polar surface area (TPSA) is 76.4 Å². The Morgan fingerprint density at radius 2 is 2.07 bits per heavy atom. The normalized spacial score (nSPS) is 14.4. The zero-order chi connectivity index (χ0) is 18.9. The molecule has 1 aromatic carbocycles. The third kappa shape index (κ3) is 5.21. The summed E-state index contributed by atoms with van der Waals surface area (Å²) in [5, 5.41) is 15.5. The summed E-state index contributed by atoms with van der Waals surface area (Å²) < 4.78 is 7.71. The van der Waals surface area contributed by atoms with Crippen LogP contribution >= 0.6 is 0 Å². The van der Waals surface area contributed by atoms with Crippen molar-refractivity contribution in [1.82, 2.24) is 25.4 Å². The zero-order valence-corrected chi connectivity index (χ0v) is 16.4. The van der Waals surface area contributed by atoms with Crippen LogP contribution in [0.25, 0.3) is 0 Å². The number of aromatic nitrogens is 3. The number of nitrogens with one attached hydrogen (secondary N) is 2. The summed E-state index contributed by atoms with van der Waals surface area (Å²) in [6.45, 7) is 2.57. The van der Waals surface area contributed by atoms with Gasteiger partial charge in [-0.05, 0) is 25.3 Å². The van der Waals surface area contributed by atoms with Crippen LogP contribution in [0.1, 0.15) is 42.9 Å². The van der Waals surface area contributed by atoms with Crippen LogP contribution in [0, 0.1) is 0 Å². The zero-order valence-electron chi connectivity index (χ0n) is 16.4. The molecule has 1 aliphatic heterocycles. The number of hydrogen-bond donors (Lipinski definition) is 2. The average Bonchev–Trinajstić information content (AvgIpc) is 2.93. The highest BCUT2D eigenvalue weighted by atomic mass is 16.5. The monoisotopic (exact) mass is 370 g/mol. The molecule has 1 aromatic heterocycles. The Morgan fingerprint density at radius 3 is 2.93 bits per heavy atom. The minimum absolute atomic E-state index is 0.668. The van der Waals surface area contributed by atoms with Gasteiger partial charge in [0.05, 0.1) is 7.11 Å². The molecule has 2 N–H and O–H groups in total. The number of rotatable bonds is 7. The van der Waals surface area contributed by atoms with Crippen molar-refractivity contribution in [1.29, 1.82) is 0 Å². The summed E-state index contributed by atoms with van der Waals surface area (Å²) >= 11 is 0. The lowest BCUT2D eigenvalue weighted by Gasteiger charge is -2.13. The number of aryl methyl sites for hydroxylation is 2. The van der Waals surface area contributed by atoms with E-state index >= 15 is 0 Å². The maximum absolute atomic E-state index is 5.39. The molecular weight excluding hydrogens is 340 g/mol. The van der Waals surface area contributed by atoms with Crippen LogP contribution in [-0.2, 0) is 25.9 Å². The van der Waals surface area contributed by atoms with Crippen molar-refractivity contribution in [2.24, 2.45) is 4.99 Å². The van der Waals surface area contributed by atoms with Gasteiger partial charge in [0.15, 0.2) is 5.96 Å². The van der Waals surface area contributed by atoms with Crippen LogP contribution < -0.4 is 15.4 Å². The standard InChI is InChI=1S/C20H30N6O/c1-21-20(23-15-16-9-5-6-10-17(16)27-2)22-13-8-12-19-25-24-18-11-4-3-7-14-26(18)19/h5-6,9-10H,3-4,7-8,11-15H2,1-2H3,(H2,21,22,23). The second-order valence-electron chi connectivity index (χ2n) is 6.76. The Balaban J connectivity index is 1.43. The molecule has 7 heteroatoms. The number of para-hydroxylation sites is 1. The molecule has 7 nitrogen and oxygen atoms in total. The van der Waals surface area contributed by atoms with Gasteiger partial charge in [-0.25, -0.2) is 0 Å². The van der Waals surface area contributed by atoms with Gasteiger partial charge < -0.3 is 19.9 Å². The van der Waals surface area contributed by atoms with Crippen LogP contribution in [0.4, 0.5) is 0 Å². The minimum Gasteiger partial charge on any atom is -0.496 e. The van der Waals surface area contributed by atoms with Crippen molar-refractivity contribution in [3.63, 3.8) is 0 Å². The summed E-state index contributed by atoms with van der Waals surface area (Å²) in [7, 11) is 3.48. The molecule has 146 valence electrons. The third-order valence-electron chi connectivity index (χ3n) is 4.92. The molecule has 0 radical (unpaired) electrons. The van der Waals surface area contributed by atoms with Gasteiger partial charge in [0.1, 0.15) is 17.4 Å².